The van der Waals surface area contributed by atoms with Crippen molar-refractivity contribution in [3.8, 4) is 0 Å². The summed E-state index contributed by atoms with van der Waals surface area (Å²) in [6, 6.07) is 6.21. The van der Waals surface area contributed by atoms with Crippen molar-refractivity contribution in [1.82, 2.24) is 0 Å². The summed E-state index contributed by atoms with van der Waals surface area (Å²) in [5.74, 6) is -1.35. The van der Waals surface area contributed by atoms with Crippen LogP contribution in [0.2, 0.25) is 0 Å². The molecule has 0 unspecified atom stereocenters. The Labute approximate surface area is 168 Å². The van der Waals surface area contributed by atoms with Gasteiger partial charge in [-0.05, 0) is 6.42 Å². The molecular weight excluding hydrogens is 343 g/mol. The molecule has 0 fully saturated rings. The normalized spacial score (nSPS) is 13.0. The molecule has 112 valence electrons. The summed E-state index contributed by atoms with van der Waals surface area (Å²) in [5, 5.41) is 20.8. The summed E-state index contributed by atoms with van der Waals surface area (Å²) in [4.78, 5) is 10.9. The number of carbonyl (C=O) groups is 1. The van der Waals surface area contributed by atoms with Crippen molar-refractivity contribution in [2.45, 2.75) is 6.42 Å². The minimum absolute atomic E-state index is 0. The molecule has 0 spiro atoms. The Morgan fingerprint density at radius 1 is 0.957 bits per heavy atom. The second kappa shape index (κ2) is 11.3. The number of carboxylic acids is 1. The van der Waals surface area contributed by atoms with E-state index in [1.807, 2.05) is 0 Å². The van der Waals surface area contributed by atoms with Crippen LogP contribution in [-0.2, 0) is 17.1 Å². The Morgan fingerprint density at radius 3 is 1.91 bits per heavy atom. The number of allylic oxidation sites excluding steroid dienone is 9. The zero-order valence-electron chi connectivity index (χ0n) is 12.8. The molecule has 0 atom stereocenters. The maximum atomic E-state index is 10.9. The first-order valence-corrected chi connectivity index (χ1v) is 6.60. The number of carboxylic acid groups (broad SMARTS) is 1. The van der Waals surface area contributed by atoms with Gasteiger partial charge in [0.25, 0.3) is 0 Å². The van der Waals surface area contributed by atoms with Crippen LogP contribution in [-0.4, -0.2) is 11.1 Å². The van der Waals surface area contributed by atoms with Crippen LogP contribution in [0.1, 0.15) is 22.3 Å². The monoisotopic (exact) mass is 358 g/mol. The van der Waals surface area contributed by atoms with Crippen LogP contribution in [0.3, 0.4) is 0 Å². The van der Waals surface area contributed by atoms with E-state index in [2.05, 4.69) is 24.3 Å². The molecule has 3 rings (SSSR count). The minimum atomic E-state index is -1.30. The predicted octanol–water partition coefficient (Wildman–Crippen LogP) is -0.0508. The summed E-state index contributed by atoms with van der Waals surface area (Å²) in [6.45, 7) is 0. The number of benzene rings is 1. The SMILES string of the molecule is C1=CCC=C1.O=C([O-])c1ccccc1C(O)=C1C=CC=C1.[Fe+2].[Na+]. The van der Waals surface area contributed by atoms with Gasteiger partial charge in [0.15, 0.2) is 0 Å². The van der Waals surface area contributed by atoms with Crippen LogP contribution >= 0.6 is 0 Å². The van der Waals surface area contributed by atoms with E-state index in [0.717, 1.165) is 6.42 Å². The minimum Gasteiger partial charge on any atom is -0.545 e. The van der Waals surface area contributed by atoms with Gasteiger partial charge < -0.3 is 15.0 Å². The number of aliphatic hydroxyl groups excluding tert-OH is 1. The van der Waals surface area contributed by atoms with Crippen molar-refractivity contribution in [1.29, 1.82) is 0 Å². The molecule has 1 N–H and O–H groups in total. The molecule has 0 bridgehead atoms. The molecule has 0 amide bonds. The van der Waals surface area contributed by atoms with Gasteiger partial charge in [0.1, 0.15) is 5.76 Å². The van der Waals surface area contributed by atoms with E-state index in [0.29, 0.717) is 5.57 Å². The second-order valence-electron chi connectivity index (χ2n) is 4.45. The van der Waals surface area contributed by atoms with E-state index in [9.17, 15) is 15.0 Å². The molecule has 1 aromatic rings. The summed E-state index contributed by atoms with van der Waals surface area (Å²) >= 11 is 0. The Kier molecular flexibility index (Phi) is 10.6. The first-order chi connectivity index (χ1) is 10.2. The largest absolute Gasteiger partial charge is 2.00 e. The third-order valence-corrected chi connectivity index (χ3v) is 2.99. The Morgan fingerprint density at radius 2 is 1.48 bits per heavy atom. The molecule has 23 heavy (non-hydrogen) atoms. The molecular formula is C18H15FeNaO3+2. The first-order valence-electron chi connectivity index (χ1n) is 6.60. The fourth-order valence-electron chi connectivity index (χ4n) is 1.95. The molecule has 5 heteroatoms. The van der Waals surface area contributed by atoms with Crippen LogP contribution in [0.4, 0.5) is 0 Å². The summed E-state index contributed by atoms with van der Waals surface area (Å²) in [6.07, 6.45) is 16.5. The van der Waals surface area contributed by atoms with Crippen LogP contribution in [0, 0.1) is 0 Å². The number of hydrogen-bond acceptors (Lipinski definition) is 3. The van der Waals surface area contributed by atoms with E-state index in [1.165, 1.54) is 6.07 Å². The quantitative estimate of drug-likeness (QED) is 0.596. The molecule has 0 radical (unpaired) electrons. The third-order valence-electron chi connectivity index (χ3n) is 2.99. The number of carbonyl (C=O) groups excluding carboxylic acids is 1. The van der Waals surface area contributed by atoms with E-state index in [4.69, 9.17) is 0 Å². The second-order valence-corrected chi connectivity index (χ2v) is 4.45. The number of hydrogen-bond donors (Lipinski definition) is 1. The van der Waals surface area contributed by atoms with Crippen LogP contribution in [0.25, 0.3) is 5.76 Å². The van der Waals surface area contributed by atoms with Crippen molar-refractivity contribution in [3.05, 3.63) is 89.6 Å². The average molecular weight is 358 g/mol. The van der Waals surface area contributed by atoms with Crippen LogP contribution in [0.5, 0.6) is 0 Å². The van der Waals surface area contributed by atoms with E-state index in [1.54, 1.807) is 42.5 Å². The maximum Gasteiger partial charge on any atom is 2.00 e. The molecule has 1 aromatic carbocycles. The molecule has 0 heterocycles. The Balaban J connectivity index is 0.000000595. The molecule has 0 aliphatic heterocycles. The van der Waals surface area contributed by atoms with Crippen molar-refractivity contribution >= 4 is 11.7 Å². The van der Waals surface area contributed by atoms with Crippen LogP contribution in [0.15, 0.2) is 78.4 Å². The van der Waals surface area contributed by atoms with Gasteiger partial charge in [0.2, 0.25) is 0 Å². The van der Waals surface area contributed by atoms with Gasteiger partial charge in [-0.1, -0.05) is 72.9 Å². The van der Waals surface area contributed by atoms with Crippen molar-refractivity contribution in [2.24, 2.45) is 0 Å². The smallest absolute Gasteiger partial charge is 0.545 e. The Bertz CT molecular complexity index is 661. The first kappa shape index (κ1) is 21.7. The Hall–Kier alpha value is -1.29. The van der Waals surface area contributed by atoms with Gasteiger partial charge in [0, 0.05) is 16.7 Å². The van der Waals surface area contributed by atoms with E-state index >= 15 is 0 Å². The van der Waals surface area contributed by atoms with Gasteiger partial charge in [-0.2, -0.15) is 0 Å². The zero-order chi connectivity index (χ0) is 15.1. The van der Waals surface area contributed by atoms with Crippen LogP contribution < -0.4 is 34.7 Å². The number of rotatable bonds is 2. The summed E-state index contributed by atoms with van der Waals surface area (Å²) < 4.78 is 0. The molecule has 0 aromatic heterocycles. The summed E-state index contributed by atoms with van der Waals surface area (Å²) in [5.41, 5.74) is 0.851. The molecule has 0 saturated heterocycles. The molecule has 2 aliphatic rings. The number of aromatic carboxylic acids is 1. The summed E-state index contributed by atoms with van der Waals surface area (Å²) in [7, 11) is 0. The average Bonchev–Trinajstić information content (AvgIpc) is 3.21. The van der Waals surface area contributed by atoms with Gasteiger partial charge >= 0.3 is 46.6 Å². The van der Waals surface area contributed by atoms with Gasteiger partial charge in [-0.25, -0.2) is 0 Å². The molecule has 0 saturated carbocycles. The van der Waals surface area contributed by atoms with Gasteiger partial charge in [0.05, 0.1) is 5.97 Å². The van der Waals surface area contributed by atoms with Gasteiger partial charge in [-0.3, -0.25) is 0 Å². The fourth-order valence-corrected chi connectivity index (χ4v) is 1.95. The van der Waals surface area contributed by atoms with Crippen molar-refractivity contribution in [2.75, 3.05) is 0 Å². The number of aliphatic hydroxyl groups is 1. The third kappa shape index (κ3) is 6.38. The maximum absolute atomic E-state index is 10.9. The van der Waals surface area contributed by atoms with E-state index < -0.39 is 5.97 Å². The topological polar surface area (TPSA) is 60.4 Å². The van der Waals surface area contributed by atoms with E-state index in [-0.39, 0.29) is 63.5 Å². The molecule has 3 nitrogen and oxygen atoms in total. The standard InChI is InChI=1S/C13H10O3.C5H6.Fe.Na/c14-12(9-5-1-2-6-9)10-7-3-4-8-11(10)13(15)16;1-2-4-5-3-1;;/h1-8,14H,(H,15,16);1-4H,5H2;;/q;;+2;+1/p-1. The van der Waals surface area contributed by atoms with Gasteiger partial charge in [-0.15, -0.1) is 0 Å². The van der Waals surface area contributed by atoms with Crippen molar-refractivity contribution < 1.29 is 61.6 Å². The predicted molar refractivity (Wildman–Crippen MR) is 81.5 cm³/mol. The van der Waals surface area contributed by atoms with Crippen molar-refractivity contribution in [3.63, 3.8) is 0 Å². The fraction of sp³-hybridized carbons (Fsp3) is 0.0556. The zero-order valence-corrected chi connectivity index (χ0v) is 15.9. The molecule has 2 aliphatic carbocycles.